The molecule has 4 nitrogen and oxygen atoms in total. The van der Waals surface area contributed by atoms with Crippen LogP contribution in [0.15, 0.2) is 48.5 Å². The summed E-state index contributed by atoms with van der Waals surface area (Å²) in [6.45, 7) is 4.03. The van der Waals surface area contributed by atoms with Gasteiger partial charge in [0.2, 0.25) is 0 Å². The molecule has 2 atom stereocenters. The van der Waals surface area contributed by atoms with E-state index in [1.54, 1.807) is 36.4 Å². The quantitative estimate of drug-likeness (QED) is 0.745. The molecule has 0 radical (unpaired) electrons. The van der Waals surface area contributed by atoms with Crippen molar-refractivity contribution in [3.8, 4) is 5.75 Å². The Kier molecular flexibility index (Phi) is 6.67. The van der Waals surface area contributed by atoms with Crippen LogP contribution in [0.3, 0.4) is 0 Å². The van der Waals surface area contributed by atoms with Crippen molar-refractivity contribution in [2.75, 3.05) is 20.2 Å². The van der Waals surface area contributed by atoms with E-state index in [-0.39, 0.29) is 24.2 Å². The summed E-state index contributed by atoms with van der Waals surface area (Å²) in [6, 6.07) is 13.3. The molecule has 0 saturated carbocycles. The summed E-state index contributed by atoms with van der Waals surface area (Å²) >= 11 is 0. The molecule has 134 valence electrons. The van der Waals surface area contributed by atoms with Gasteiger partial charge in [-0.15, -0.1) is 0 Å². The van der Waals surface area contributed by atoms with Crippen molar-refractivity contribution in [2.45, 2.75) is 26.0 Å². The van der Waals surface area contributed by atoms with Gasteiger partial charge < -0.3 is 9.84 Å². The maximum Gasteiger partial charge on any atom is 0.159 e. The smallest absolute Gasteiger partial charge is 0.159 e. The van der Waals surface area contributed by atoms with Crippen molar-refractivity contribution >= 4 is 5.78 Å². The highest BCUT2D eigenvalue weighted by atomic mass is 19.1. The third kappa shape index (κ3) is 5.66. The standard InChI is InChI=1S/C20H24FNO3/c1-14(16-7-9-18(21)10-8-16)22(3)12-19(24)13-25-20-6-4-5-17(11-20)15(2)23/h4-11,14,19,24H,12-13H2,1-3H3/t14-,19+/m1/s1. The minimum Gasteiger partial charge on any atom is -0.491 e. The Morgan fingerprint density at radius 2 is 1.92 bits per heavy atom. The Balaban J connectivity index is 1.86. The van der Waals surface area contributed by atoms with Crippen molar-refractivity contribution in [3.63, 3.8) is 0 Å². The number of nitrogens with zero attached hydrogens (tertiary/aromatic N) is 1. The molecule has 0 saturated heterocycles. The van der Waals surface area contributed by atoms with Gasteiger partial charge in [0.05, 0.1) is 0 Å². The molecular weight excluding hydrogens is 321 g/mol. The number of aliphatic hydroxyl groups is 1. The topological polar surface area (TPSA) is 49.8 Å². The van der Waals surface area contributed by atoms with E-state index >= 15 is 0 Å². The molecule has 25 heavy (non-hydrogen) atoms. The number of hydrogen-bond acceptors (Lipinski definition) is 4. The Hall–Kier alpha value is -2.24. The molecule has 2 aromatic carbocycles. The first-order chi connectivity index (χ1) is 11.9. The predicted octanol–water partition coefficient (Wildman–Crippen LogP) is 3.46. The van der Waals surface area contributed by atoms with Crippen LogP contribution < -0.4 is 4.74 Å². The van der Waals surface area contributed by atoms with Gasteiger partial charge in [-0.25, -0.2) is 4.39 Å². The zero-order valence-electron chi connectivity index (χ0n) is 14.8. The first-order valence-corrected chi connectivity index (χ1v) is 8.24. The van der Waals surface area contributed by atoms with Gasteiger partial charge >= 0.3 is 0 Å². The van der Waals surface area contributed by atoms with Crippen LogP contribution >= 0.6 is 0 Å². The second-order valence-electron chi connectivity index (χ2n) is 6.22. The summed E-state index contributed by atoms with van der Waals surface area (Å²) in [5.41, 5.74) is 1.56. The van der Waals surface area contributed by atoms with Gasteiger partial charge in [-0.1, -0.05) is 24.3 Å². The number of Topliss-reactive ketones (excluding diaryl/α,β-unsaturated/α-hetero) is 1. The van der Waals surface area contributed by atoms with Crippen molar-refractivity contribution in [1.29, 1.82) is 0 Å². The number of ketones is 1. The molecule has 2 rings (SSSR count). The Labute approximate surface area is 147 Å². The predicted molar refractivity (Wildman–Crippen MR) is 95.4 cm³/mol. The van der Waals surface area contributed by atoms with Crippen molar-refractivity contribution < 1.29 is 19.0 Å². The lowest BCUT2D eigenvalue weighted by molar-refractivity contribution is 0.0653. The first-order valence-electron chi connectivity index (χ1n) is 8.24. The zero-order valence-corrected chi connectivity index (χ0v) is 14.8. The average molecular weight is 345 g/mol. The fraction of sp³-hybridized carbons (Fsp3) is 0.350. The van der Waals surface area contributed by atoms with Crippen LogP contribution in [0.25, 0.3) is 0 Å². The lowest BCUT2D eigenvalue weighted by Gasteiger charge is -2.27. The number of aliphatic hydroxyl groups excluding tert-OH is 1. The second-order valence-corrected chi connectivity index (χ2v) is 6.22. The highest BCUT2D eigenvalue weighted by molar-refractivity contribution is 5.94. The van der Waals surface area contributed by atoms with Crippen LogP contribution in [0.5, 0.6) is 5.75 Å². The number of ether oxygens (including phenoxy) is 1. The summed E-state index contributed by atoms with van der Waals surface area (Å²) in [6.07, 6.45) is -0.686. The van der Waals surface area contributed by atoms with Gasteiger partial charge in [0.15, 0.2) is 5.78 Å². The summed E-state index contributed by atoms with van der Waals surface area (Å²) in [5, 5.41) is 10.2. The Bertz CT molecular complexity index is 702. The van der Waals surface area contributed by atoms with Crippen LogP contribution in [0.4, 0.5) is 4.39 Å². The molecule has 0 aliphatic heterocycles. The molecule has 0 unspecified atom stereocenters. The normalized spacial score (nSPS) is 13.5. The molecule has 0 bridgehead atoms. The molecule has 2 aromatic rings. The summed E-state index contributed by atoms with van der Waals surface area (Å²) in [4.78, 5) is 13.4. The van der Waals surface area contributed by atoms with E-state index in [1.807, 2.05) is 18.9 Å². The molecule has 0 amide bonds. The molecule has 0 aliphatic rings. The van der Waals surface area contributed by atoms with E-state index in [2.05, 4.69) is 0 Å². The van der Waals surface area contributed by atoms with E-state index in [4.69, 9.17) is 4.74 Å². The molecule has 0 heterocycles. The number of likely N-dealkylation sites (N-methyl/N-ethyl adjacent to an activating group) is 1. The maximum absolute atomic E-state index is 13.0. The molecule has 0 aromatic heterocycles. The van der Waals surface area contributed by atoms with Gasteiger partial charge in [0.25, 0.3) is 0 Å². The van der Waals surface area contributed by atoms with Gasteiger partial charge in [-0.2, -0.15) is 0 Å². The molecule has 5 heteroatoms. The molecule has 0 fully saturated rings. The SMILES string of the molecule is CC(=O)c1cccc(OC[C@@H](O)CN(C)[C@H](C)c2ccc(F)cc2)c1. The summed E-state index contributed by atoms with van der Waals surface area (Å²) in [7, 11) is 1.90. The third-order valence-electron chi connectivity index (χ3n) is 4.20. The maximum atomic E-state index is 13.0. The van der Waals surface area contributed by atoms with E-state index in [0.29, 0.717) is 17.9 Å². The van der Waals surface area contributed by atoms with Gasteiger partial charge in [0.1, 0.15) is 24.3 Å². The molecule has 0 aliphatic carbocycles. The number of hydrogen-bond donors (Lipinski definition) is 1. The first kappa shape index (κ1) is 19.1. The van der Waals surface area contributed by atoms with E-state index in [1.165, 1.54) is 19.1 Å². The van der Waals surface area contributed by atoms with Crippen LogP contribution in [0.1, 0.15) is 35.8 Å². The minimum atomic E-state index is -0.686. The van der Waals surface area contributed by atoms with E-state index in [0.717, 1.165) is 5.56 Å². The van der Waals surface area contributed by atoms with Crippen molar-refractivity contribution in [2.24, 2.45) is 0 Å². The van der Waals surface area contributed by atoms with E-state index < -0.39 is 6.10 Å². The summed E-state index contributed by atoms with van der Waals surface area (Å²) in [5.74, 6) is 0.264. The van der Waals surface area contributed by atoms with Crippen molar-refractivity contribution in [3.05, 3.63) is 65.5 Å². The van der Waals surface area contributed by atoms with Crippen LogP contribution in [-0.4, -0.2) is 42.1 Å². The van der Waals surface area contributed by atoms with Crippen LogP contribution in [-0.2, 0) is 0 Å². The fourth-order valence-corrected chi connectivity index (χ4v) is 2.54. The fourth-order valence-electron chi connectivity index (χ4n) is 2.54. The zero-order chi connectivity index (χ0) is 18.4. The lowest BCUT2D eigenvalue weighted by atomic mass is 10.1. The monoisotopic (exact) mass is 345 g/mol. The highest BCUT2D eigenvalue weighted by Gasteiger charge is 2.16. The largest absolute Gasteiger partial charge is 0.491 e. The number of carbonyl (C=O) groups excluding carboxylic acids is 1. The number of benzene rings is 2. The molecular formula is C20H24FNO3. The lowest BCUT2D eigenvalue weighted by Crippen LogP contribution is -2.34. The van der Waals surface area contributed by atoms with Gasteiger partial charge in [-0.3, -0.25) is 9.69 Å². The summed E-state index contributed by atoms with van der Waals surface area (Å²) < 4.78 is 18.6. The number of carbonyl (C=O) groups is 1. The van der Waals surface area contributed by atoms with Crippen LogP contribution in [0, 0.1) is 5.82 Å². The number of halogens is 1. The highest BCUT2D eigenvalue weighted by Crippen LogP contribution is 2.19. The van der Waals surface area contributed by atoms with Gasteiger partial charge in [0, 0.05) is 18.2 Å². The average Bonchev–Trinajstić information content (AvgIpc) is 2.60. The molecule has 1 N–H and O–H groups in total. The van der Waals surface area contributed by atoms with E-state index in [9.17, 15) is 14.3 Å². The van der Waals surface area contributed by atoms with Crippen molar-refractivity contribution in [1.82, 2.24) is 4.90 Å². The second kappa shape index (κ2) is 8.74. The molecule has 0 spiro atoms. The van der Waals surface area contributed by atoms with Gasteiger partial charge in [-0.05, 0) is 50.7 Å². The van der Waals surface area contributed by atoms with Crippen LogP contribution in [0.2, 0.25) is 0 Å². The Morgan fingerprint density at radius 1 is 1.24 bits per heavy atom. The Morgan fingerprint density at radius 3 is 2.56 bits per heavy atom. The number of rotatable bonds is 8. The third-order valence-corrected chi connectivity index (χ3v) is 4.20. The minimum absolute atomic E-state index is 0.0288.